The predicted octanol–water partition coefficient (Wildman–Crippen LogP) is 13.5. The highest BCUT2D eigenvalue weighted by Gasteiger charge is 2.52. The lowest BCUT2D eigenvalue weighted by molar-refractivity contribution is 0.632. The largest absolute Gasteiger partial charge is 0.310 e. The van der Waals surface area contributed by atoms with Gasteiger partial charge in [0.1, 0.15) is 0 Å². The van der Waals surface area contributed by atoms with E-state index in [2.05, 4.69) is 207 Å². The standard InChI is InChI=1S/C52H37N/c1-51(2)44-25-13-14-27-48(44)53(37-18-7-4-8-19-37)49-31-29-36(33-47(49)51)38-22-15-26-45-50(38)41-21-10-12-24-43(41)52(45)42-23-11-9-20-39(42)40-30-28-35(32-46(40)52)34-16-5-3-6-17-34/h3-33H,1-2H3. The molecule has 0 bridgehead atoms. The molecule has 11 rings (SSSR count). The van der Waals surface area contributed by atoms with Crippen molar-refractivity contribution in [2.45, 2.75) is 24.7 Å². The summed E-state index contributed by atoms with van der Waals surface area (Å²) < 4.78 is 0. The molecule has 0 aromatic heterocycles. The van der Waals surface area contributed by atoms with Gasteiger partial charge in [-0.1, -0.05) is 166 Å². The van der Waals surface area contributed by atoms with Crippen molar-refractivity contribution in [1.29, 1.82) is 0 Å². The molecule has 250 valence electrons. The fraction of sp³-hybridized carbons (Fsp3) is 0.0769. The molecule has 8 aromatic rings. The zero-order valence-electron chi connectivity index (χ0n) is 29.8. The molecular weight excluding hydrogens is 639 g/mol. The second kappa shape index (κ2) is 11.0. The van der Waals surface area contributed by atoms with E-state index < -0.39 is 5.41 Å². The van der Waals surface area contributed by atoms with E-state index in [0.29, 0.717) is 0 Å². The predicted molar refractivity (Wildman–Crippen MR) is 220 cm³/mol. The Hall–Kier alpha value is -6.44. The van der Waals surface area contributed by atoms with Gasteiger partial charge in [-0.2, -0.15) is 0 Å². The van der Waals surface area contributed by atoms with Gasteiger partial charge in [0.05, 0.1) is 16.8 Å². The van der Waals surface area contributed by atoms with Crippen LogP contribution in [0, 0.1) is 0 Å². The summed E-state index contributed by atoms with van der Waals surface area (Å²) in [4.78, 5) is 2.44. The normalized spacial score (nSPS) is 16.7. The highest BCUT2D eigenvalue weighted by Crippen LogP contribution is 2.64. The van der Waals surface area contributed by atoms with Crippen LogP contribution in [0.2, 0.25) is 0 Å². The summed E-state index contributed by atoms with van der Waals surface area (Å²) in [7, 11) is 0. The zero-order valence-corrected chi connectivity index (χ0v) is 29.8. The summed E-state index contributed by atoms with van der Waals surface area (Å²) in [5.41, 5.74) is 21.5. The van der Waals surface area contributed by atoms with E-state index in [4.69, 9.17) is 0 Å². The number of rotatable bonds is 3. The second-order valence-electron chi connectivity index (χ2n) is 15.2. The molecule has 0 N–H and O–H groups in total. The first kappa shape index (κ1) is 30.2. The third-order valence-electron chi connectivity index (χ3n) is 12.3. The molecule has 1 unspecified atom stereocenters. The van der Waals surface area contributed by atoms with Crippen LogP contribution in [0.15, 0.2) is 188 Å². The van der Waals surface area contributed by atoms with E-state index in [-0.39, 0.29) is 5.41 Å². The van der Waals surface area contributed by atoms with Crippen LogP contribution in [0.4, 0.5) is 17.1 Å². The van der Waals surface area contributed by atoms with Crippen LogP contribution in [-0.2, 0) is 10.8 Å². The molecule has 0 amide bonds. The summed E-state index contributed by atoms with van der Waals surface area (Å²) in [6.45, 7) is 4.76. The zero-order chi connectivity index (χ0) is 35.3. The van der Waals surface area contributed by atoms with E-state index in [1.807, 2.05) is 0 Å². The third-order valence-corrected chi connectivity index (χ3v) is 12.3. The Labute approximate surface area is 311 Å². The molecule has 0 saturated carbocycles. The number of benzene rings is 8. The molecule has 1 heterocycles. The van der Waals surface area contributed by atoms with Crippen LogP contribution in [0.3, 0.4) is 0 Å². The van der Waals surface area contributed by atoms with E-state index in [0.717, 1.165) is 0 Å². The molecule has 0 radical (unpaired) electrons. The molecule has 0 saturated heterocycles. The fourth-order valence-electron chi connectivity index (χ4n) is 9.97. The number of anilines is 3. The number of nitrogens with zero attached hydrogens (tertiary/aromatic N) is 1. The van der Waals surface area contributed by atoms with Crippen LogP contribution in [0.25, 0.3) is 44.5 Å². The van der Waals surface area contributed by atoms with Gasteiger partial charge in [-0.3, -0.25) is 0 Å². The maximum atomic E-state index is 2.48. The van der Waals surface area contributed by atoms with Gasteiger partial charge in [-0.15, -0.1) is 0 Å². The Morgan fingerprint density at radius 1 is 0.340 bits per heavy atom. The van der Waals surface area contributed by atoms with Crippen molar-refractivity contribution in [3.63, 3.8) is 0 Å². The van der Waals surface area contributed by atoms with Crippen molar-refractivity contribution >= 4 is 17.1 Å². The van der Waals surface area contributed by atoms with Crippen LogP contribution < -0.4 is 4.90 Å². The minimum absolute atomic E-state index is 0.193. The molecule has 1 nitrogen and oxygen atoms in total. The van der Waals surface area contributed by atoms with Gasteiger partial charge >= 0.3 is 0 Å². The SMILES string of the molecule is CC1(C)c2ccccc2N(c2ccccc2)c2ccc(-c3cccc4c3-c3ccccc3C43c4ccccc4-c4ccc(-c5ccccc5)cc43)cc21. The smallest absolute Gasteiger partial charge is 0.0725 e. The van der Waals surface area contributed by atoms with Gasteiger partial charge in [0.25, 0.3) is 0 Å². The number of hydrogen-bond acceptors (Lipinski definition) is 1. The molecule has 0 fully saturated rings. The molecule has 8 aromatic carbocycles. The average Bonchev–Trinajstić information content (AvgIpc) is 3.69. The second-order valence-corrected chi connectivity index (χ2v) is 15.2. The number of hydrogen-bond donors (Lipinski definition) is 0. The van der Waals surface area contributed by atoms with Crippen LogP contribution >= 0.6 is 0 Å². The van der Waals surface area contributed by atoms with Gasteiger partial charge in [0.15, 0.2) is 0 Å². The lowest BCUT2D eigenvalue weighted by Crippen LogP contribution is -2.30. The fourth-order valence-corrected chi connectivity index (χ4v) is 9.97. The van der Waals surface area contributed by atoms with E-state index in [1.165, 1.54) is 95.0 Å². The van der Waals surface area contributed by atoms with Gasteiger partial charge in [0.2, 0.25) is 0 Å². The van der Waals surface area contributed by atoms with Gasteiger partial charge in [-0.25, -0.2) is 0 Å². The van der Waals surface area contributed by atoms with E-state index in [9.17, 15) is 0 Å². The van der Waals surface area contributed by atoms with Gasteiger partial charge < -0.3 is 4.90 Å². The van der Waals surface area contributed by atoms with Crippen molar-refractivity contribution in [2.24, 2.45) is 0 Å². The maximum absolute atomic E-state index is 2.48. The highest BCUT2D eigenvalue weighted by molar-refractivity contribution is 6.01. The van der Waals surface area contributed by atoms with Crippen molar-refractivity contribution in [3.8, 4) is 44.5 Å². The molecule has 53 heavy (non-hydrogen) atoms. The Kier molecular flexibility index (Phi) is 6.29. The van der Waals surface area contributed by atoms with Crippen molar-refractivity contribution < 1.29 is 0 Å². The van der Waals surface area contributed by atoms with Crippen molar-refractivity contribution in [1.82, 2.24) is 0 Å². The third kappa shape index (κ3) is 4.02. The minimum Gasteiger partial charge on any atom is -0.310 e. The molecular formula is C52H37N. The Morgan fingerprint density at radius 3 is 1.68 bits per heavy atom. The topological polar surface area (TPSA) is 3.24 Å². The molecule has 1 atom stereocenters. The van der Waals surface area contributed by atoms with Gasteiger partial charge in [0, 0.05) is 11.1 Å². The first-order valence-electron chi connectivity index (χ1n) is 18.7. The maximum Gasteiger partial charge on any atom is 0.0725 e. The molecule has 1 aliphatic heterocycles. The summed E-state index contributed by atoms with van der Waals surface area (Å²) in [5.74, 6) is 0. The van der Waals surface area contributed by atoms with Gasteiger partial charge in [-0.05, 0) is 114 Å². The summed E-state index contributed by atoms with van der Waals surface area (Å²) in [5, 5.41) is 0. The van der Waals surface area contributed by atoms with Crippen molar-refractivity contribution in [3.05, 3.63) is 221 Å². The molecule has 3 aliphatic rings. The summed E-state index contributed by atoms with van der Waals surface area (Å²) >= 11 is 0. The average molecular weight is 676 g/mol. The molecule has 2 aliphatic carbocycles. The Bertz CT molecular complexity index is 2760. The highest BCUT2D eigenvalue weighted by atomic mass is 15.2. The van der Waals surface area contributed by atoms with E-state index in [1.54, 1.807) is 0 Å². The van der Waals surface area contributed by atoms with Crippen LogP contribution in [0.5, 0.6) is 0 Å². The summed E-state index contributed by atoms with van der Waals surface area (Å²) in [6.07, 6.45) is 0. The Morgan fingerprint density at radius 2 is 0.887 bits per heavy atom. The van der Waals surface area contributed by atoms with Crippen LogP contribution in [0.1, 0.15) is 47.2 Å². The van der Waals surface area contributed by atoms with E-state index >= 15 is 0 Å². The Balaban J connectivity index is 1.17. The minimum atomic E-state index is -0.421. The monoisotopic (exact) mass is 675 g/mol. The number of para-hydroxylation sites is 2. The summed E-state index contributed by atoms with van der Waals surface area (Å²) in [6, 6.07) is 70.1. The molecule has 1 heteroatoms. The van der Waals surface area contributed by atoms with Crippen LogP contribution in [-0.4, -0.2) is 0 Å². The number of fused-ring (bicyclic) bond motifs is 12. The van der Waals surface area contributed by atoms with Crippen molar-refractivity contribution in [2.75, 3.05) is 4.90 Å². The quantitative estimate of drug-likeness (QED) is 0.180. The first-order chi connectivity index (χ1) is 26.1. The molecule has 1 spiro atoms. The lowest BCUT2D eigenvalue weighted by Gasteiger charge is -2.42. The lowest BCUT2D eigenvalue weighted by atomic mass is 9.70. The first-order valence-corrected chi connectivity index (χ1v) is 18.7.